The summed E-state index contributed by atoms with van der Waals surface area (Å²) < 4.78 is 0. The van der Waals surface area contributed by atoms with Crippen LogP contribution in [0.5, 0.6) is 0 Å². The fraction of sp³-hybridized carbons (Fsp3) is 0.312. The first-order chi connectivity index (χ1) is 11.1. The number of aromatic nitrogens is 2. The van der Waals surface area contributed by atoms with E-state index in [-0.39, 0.29) is 5.91 Å². The molecule has 1 aromatic heterocycles. The van der Waals surface area contributed by atoms with Crippen LogP contribution in [-0.4, -0.2) is 29.0 Å². The van der Waals surface area contributed by atoms with Crippen molar-refractivity contribution in [1.82, 2.24) is 9.97 Å². The number of nitrogens with one attached hydrogen (secondary N) is 1. The fourth-order valence-corrected chi connectivity index (χ4v) is 3.11. The van der Waals surface area contributed by atoms with Gasteiger partial charge in [-0.05, 0) is 37.5 Å². The average Bonchev–Trinajstić information content (AvgIpc) is 2.55. The molecule has 1 saturated heterocycles. The lowest BCUT2D eigenvalue weighted by molar-refractivity contribution is 0.102. The Hall–Kier alpha value is -1.85. The predicted molar refractivity (Wildman–Crippen MR) is 92.5 cm³/mol. The third-order valence-electron chi connectivity index (χ3n) is 3.70. The Morgan fingerprint density at radius 1 is 1.00 bits per heavy atom. The van der Waals surface area contributed by atoms with Crippen LogP contribution in [0.2, 0.25) is 10.0 Å². The lowest BCUT2D eigenvalue weighted by Crippen LogP contribution is -2.30. The molecule has 23 heavy (non-hydrogen) atoms. The quantitative estimate of drug-likeness (QED) is 0.907. The molecule has 2 aromatic rings. The first-order valence-corrected chi connectivity index (χ1v) is 8.22. The standard InChI is InChI=1S/C16H16Cl2N4O/c17-12-6-11(7-13(18)8-12)16(23)21-14-9-15(20-10-19-14)22-4-2-1-3-5-22/h6-10H,1-5H2,(H,19,20,21,23). The predicted octanol–water partition coefficient (Wildman–Crippen LogP) is 4.03. The van der Waals surface area contributed by atoms with Gasteiger partial charge in [-0.2, -0.15) is 0 Å². The molecule has 2 heterocycles. The normalized spacial score (nSPS) is 14.6. The molecule has 0 spiro atoms. The van der Waals surface area contributed by atoms with E-state index >= 15 is 0 Å². The summed E-state index contributed by atoms with van der Waals surface area (Å²) in [5.41, 5.74) is 0.389. The smallest absolute Gasteiger partial charge is 0.256 e. The highest BCUT2D eigenvalue weighted by Gasteiger charge is 2.14. The molecule has 0 atom stereocenters. The Morgan fingerprint density at radius 3 is 2.39 bits per heavy atom. The number of nitrogens with zero attached hydrogens (tertiary/aromatic N) is 3. The first kappa shape index (κ1) is 16.0. The Balaban J connectivity index is 1.75. The van der Waals surface area contributed by atoms with Crippen molar-refractivity contribution >= 4 is 40.7 Å². The zero-order valence-electron chi connectivity index (χ0n) is 12.4. The minimum Gasteiger partial charge on any atom is -0.356 e. The number of hydrogen-bond acceptors (Lipinski definition) is 4. The van der Waals surface area contributed by atoms with Crippen molar-refractivity contribution in [3.05, 3.63) is 46.2 Å². The van der Waals surface area contributed by atoms with Gasteiger partial charge in [-0.25, -0.2) is 9.97 Å². The van der Waals surface area contributed by atoms with E-state index in [2.05, 4.69) is 20.2 Å². The van der Waals surface area contributed by atoms with Gasteiger partial charge in [0.15, 0.2) is 0 Å². The minimum atomic E-state index is -0.308. The molecule has 1 aromatic carbocycles. The number of hydrogen-bond donors (Lipinski definition) is 1. The SMILES string of the molecule is O=C(Nc1cc(N2CCCCC2)ncn1)c1cc(Cl)cc(Cl)c1. The molecule has 0 aliphatic carbocycles. The summed E-state index contributed by atoms with van der Waals surface area (Å²) >= 11 is 11.9. The highest BCUT2D eigenvalue weighted by atomic mass is 35.5. The zero-order chi connectivity index (χ0) is 16.2. The molecular weight excluding hydrogens is 335 g/mol. The highest BCUT2D eigenvalue weighted by Crippen LogP contribution is 2.21. The van der Waals surface area contributed by atoms with Crippen molar-refractivity contribution in [1.29, 1.82) is 0 Å². The molecule has 0 unspecified atom stereocenters. The summed E-state index contributed by atoms with van der Waals surface area (Å²) in [7, 11) is 0. The molecule has 120 valence electrons. The van der Waals surface area contributed by atoms with E-state index < -0.39 is 0 Å². The summed E-state index contributed by atoms with van der Waals surface area (Å²) in [6.07, 6.45) is 5.03. The van der Waals surface area contributed by atoms with Crippen LogP contribution in [0.25, 0.3) is 0 Å². The van der Waals surface area contributed by atoms with Crippen molar-refractivity contribution in [3.8, 4) is 0 Å². The minimum absolute atomic E-state index is 0.308. The van der Waals surface area contributed by atoms with E-state index in [0.717, 1.165) is 31.7 Å². The molecule has 1 N–H and O–H groups in total. The van der Waals surface area contributed by atoms with Gasteiger partial charge < -0.3 is 10.2 Å². The Bertz CT molecular complexity index is 697. The second-order valence-electron chi connectivity index (χ2n) is 5.42. The molecule has 1 fully saturated rings. The Morgan fingerprint density at radius 2 is 1.70 bits per heavy atom. The second kappa shape index (κ2) is 7.15. The number of rotatable bonds is 3. The van der Waals surface area contributed by atoms with Crippen molar-refractivity contribution in [2.45, 2.75) is 19.3 Å². The Kier molecular flexibility index (Phi) is 4.98. The number of benzene rings is 1. The molecule has 7 heteroatoms. The lowest BCUT2D eigenvalue weighted by atomic mass is 10.1. The first-order valence-electron chi connectivity index (χ1n) is 7.46. The summed E-state index contributed by atoms with van der Waals surface area (Å²) in [4.78, 5) is 22.9. The Labute approximate surface area is 144 Å². The van der Waals surface area contributed by atoms with E-state index in [0.29, 0.717) is 21.4 Å². The van der Waals surface area contributed by atoms with E-state index in [4.69, 9.17) is 23.2 Å². The molecule has 0 saturated carbocycles. The van der Waals surface area contributed by atoms with Gasteiger partial charge in [-0.15, -0.1) is 0 Å². The maximum atomic E-state index is 12.3. The van der Waals surface area contributed by atoms with Crippen molar-refractivity contribution in [2.24, 2.45) is 0 Å². The van der Waals surface area contributed by atoms with Gasteiger partial charge in [0.1, 0.15) is 18.0 Å². The van der Waals surface area contributed by atoms with Crippen LogP contribution >= 0.6 is 23.2 Å². The van der Waals surface area contributed by atoms with Crippen LogP contribution in [0.1, 0.15) is 29.6 Å². The number of carbonyl (C=O) groups is 1. The maximum Gasteiger partial charge on any atom is 0.256 e. The molecule has 5 nitrogen and oxygen atoms in total. The van der Waals surface area contributed by atoms with Crippen molar-refractivity contribution in [2.75, 3.05) is 23.3 Å². The number of piperidine rings is 1. The van der Waals surface area contributed by atoms with Crippen LogP contribution in [-0.2, 0) is 0 Å². The van der Waals surface area contributed by atoms with Gasteiger partial charge >= 0.3 is 0 Å². The van der Waals surface area contributed by atoms with Crippen molar-refractivity contribution in [3.63, 3.8) is 0 Å². The van der Waals surface area contributed by atoms with Crippen LogP contribution in [0.15, 0.2) is 30.6 Å². The van der Waals surface area contributed by atoms with Gasteiger partial charge in [-0.1, -0.05) is 23.2 Å². The molecule has 0 bridgehead atoms. The number of halogens is 2. The zero-order valence-corrected chi connectivity index (χ0v) is 13.9. The van der Waals surface area contributed by atoms with Gasteiger partial charge in [0.2, 0.25) is 0 Å². The topological polar surface area (TPSA) is 58.1 Å². The average molecular weight is 351 g/mol. The summed E-state index contributed by atoms with van der Waals surface area (Å²) in [6, 6.07) is 6.50. The van der Waals surface area contributed by atoms with Crippen molar-refractivity contribution < 1.29 is 4.79 Å². The van der Waals surface area contributed by atoms with Gasteiger partial charge in [0.25, 0.3) is 5.91 Å². The summed E-state index contributed by atoms with van der Waals surface area (Å²) in [5, 5.41) is 3.59. The van der Waals surface area contributed by atoms with Gasteiger partial charge in [-0.3, -0.25) is 4.79 Å². The number of carbonyl (C=O) groups excluding carboxylic acids is 1. The van der Waals surface area contributed by atoms with E-state index in [1.807, 2.05) is 0 Å². The molecule has 1 amide bonds. The molecule has 3 rings (SSSR count). The fourth-order valence-electron chi connectivity index (χ4n) is 2.58. The maximum absolute atomic E-state index is 12.3. The van der Waals surface area contributed by atoms with Gasteiger partial charge in [0, 0.05) is 34.8 Å². The summed E-state index contributed by atoms with van der Waals surface area (Å²) in [5.74, 6) is 0.985. The van der Waals surface area contributed by atoms with E-state index in [1.165, 1.54) is 12.7 Å². The lowest BCUT2D eigenvalue weighted by Gasteiger charge is -2.27. The largest absolute Gasteiger partial charge is 0.356 e. The summed E-state index contributed by atoms with van der Waals surface area (Å²) in [6.45, 7) is 1.96. The monoisotopic (exact) mass is 350 g/mol. The van der Waals surface area contributed by atoms with Crippen LogP contribution in [0.3, 0.4) is 0 Å². The number of anilines is 2. The van der Waals surface area contributed by atoms with E-state index in [1.54, 1.807) is 24.3 Å². The van der Waals surface area contributed by atoms with E-state index in [9.17, 15) is 4.79 Å². The third kappa shape index (κ3) is 4.12. The number of amides is 1. The van der Waals surface area contributed by atoms with Crippen LogP contribution in [0, 0.1) is 0 Å². The third-order valence-corrected chi connectivity index (χ3v) is 4.14. The molecule has 0 radical (unpaired) electrons. The second-order valence-corrected chi connectivity index (χ2v) is 6.29. The van der Waals surface area contributed by atoms with Gasteiger partial charge in [0.05, 0.1) is 0 Å². The molecule has 1 aliphatic rings. The highest BCUT2D eigenvalue weighted by molar-refractivity contribution is 6.35. The van der Waals surface area contributed by atoms with Crippen LogP contribution in [0.4, 0.5) is 11.6 Å². The van der Waals surface area contributed by atoms with Crippen LogP contribution < -0.4 is 10.2 Å². The molecular formula is C16H16Cl2N4O. The molecule has 1 aliphatic heterocycles.